The zero-order valence-electron chi connectivity index (χ0n) is 15.3. The van der Waals surface area contributed by atoms with E-state index < -0.39 is 0 Å². The second kappa shape index (κ2) is 8.33. The van der Waals surface area contributed by atoms with E-state index >= 15 is 0 Å². The van der Waals surface area contributed by atoms with E-state index in [1.54, 1.807) is 23.9 Å². The van der Waals surface area contributed by atoms with E-state index in [1.807, 2.05) is 6.07 Å². The van der Waals surface area contributed by atoms with E-state index in [2.05, 4.69) is 31.4 Å². The average molecular weight is 334 g/mol. The van der Waals surface area contributed by atoms with Crippen molar-refractivity contribution in [2.24, 2.45) is 4.99 Å². The van der Waals surface area contributed by atoms with Crippen molar-refractivity contribution in [3.63, 3.8) is 0 Å². The number of anilines is 1. The van der Waals surface area contributed by atoms with Gasteiger partial charge in [0.15, 0.2) is 0 Å². The van der Waals surface area contributed by atoms with Crippen molar-refractivity contribution in [3.8, 4) is 0 Å². The second-order valence-corrected chi connectivity index (χ2v) is 6.83. The molecular weight excluding hydrogens is 304 g/mol. The van der Waals surface area contributed by atoms with Gasteiger partial charge in [0.1, 0.15) is 17.8 Å². The lowest BCUT2D eigenvalue weighted by Gasteiger charge is -2.27. The molecule has 2 rings (SSSR count). The molecular formula is C18H30N4O2. The Morgan fingerprint density at radius 2 is 2.25 bits per heavy atom. The summed E-state index contributed by atoms with van der Waals surface area (Å²) in [6, 6.07) is 3.65. The summed E-state index contributed by atoms with van der Waals surface area (Å²) in [6.07, 6.45) is 5.92. The topological polar surface area (TPSA) is 67.7 Å². The average Bonchev–Trinajstić information content (AvgIpc) is 2.57. The highest BCUT2D eigenvalue weighted by Gasteiger charge is 2.19. The minimum absolute atomic E-state index is 0.0201. The van der Waals surface area contributed by atoms with Crippen LogP contribution in [0.3, 0.4) is 0 Å². The van der Waals surface area contributed by atoms with Gasteiger partial charge in [-0.15, -0.1) is 0 Å². The number of nitrogens with zero attached hydrogens (tertiary/aromatic N) is 2. The van der Waals surface area contributed by atoms with Crippen LogP contribution in [0.4, 0.5) is 5.69 Å². The minimum atomic E-state index is -0.179. The molecule has 0 aromatic carbocycles. The molecule has 2 heterocycles. The van der Waals surface area contributed by atoms with Crippen molar-refractivity contribution in [3.05, 3.63) is 28.7 Å². The Kier molecular flexibility index (Phi) is 6.43. The van der Waals surface area contributed by atoms with Crippen LogP contribution < -0.4 is 16.2 Å². The van der Waals surface area contributed by atoms with Crippen molar-refractivity contribution in [1.29, 1.82) is 0 Å². The maximum Gasteiger partial charge on any atom is 0.274 e. The van der Waals surface area contributed by atoms with Gasteiger partial charge in [-0.2, -0.15) is 0 Å². The zero-order chi connectivity index (χ0) is 17.6. The van der Waals surface area contributed by atoms with Gasteiger partial charge < -0.3 is 19.9 Å². The Balaban J connectivity index is 2.24. The third-order valence-corrected chi connectivity index (χ3v) is 4.42. The highest BCUT2D eigenvalue weighted by atomic mass is 16.5. The van der Waals surface area contributed by atoms with E-state index in [-0.39, 0.29) is 17.3 Å². The lowest BCUT2D eigenvalue weighted by Crippen LogP contribution is -2.43. The molecule has 24 heavy (non-hydrogen) atoms. The van der Waals surface area contributed by atoms with Crippen LogP contribution in [-0.4, -0.2) is 35.8 Å². The summed E-state index contributed by atoms with van der Waals surface area (Å²) in [5.74, 6) is 0.795. The van der Waals surface area contributed by atoms with E-state index in [1.165, 1.54) is 0 Å². The second-order valence-electron chi connectivity index (χ2n) is 6.83. The van der Waals surface area contributed by atoms with Crippen LogP contribution in [0.1, 0.15) is 46.5 Å². The van der Waals surface area contributed by atoms with Crippen molar-refractivity contribution < 1.29 is 4.74 Å². The number of aliphatic imine (C=N–C) groups is 1. The van der Waals surface area contributed by atoms with Gasteiger partial charge in [0.25, 0.3) is 5.56 Å². The highest BCUT2D eigenvalue weighted by molar-refractivity contribution is 5.82. The monoisotopic (exact) mass is 334 g/mol. The molecule has 1 aliphatic heterocycles. The van der Waals surface area contributed by atoms with Gasteiger partial charge in [-0.25, -0.2) is 0 Å². The molecule has 1 aliphatic rings. The summed E-state index contributed by atoms with van der Waals surface area (Å²) < 4.78 is 7.45. The molecule has 6 nitrogen and oxygen atoms in total. The Morgan fingerprint density at radius 1 is 1.46 bits per heavy atom. The molecule has 0 aliphatic carbocycles. The van der Waals surface area contributed by atoms with Crippen LogP contribution in [0, 0.1) is 0 Å². The first kappa shape index (κ1) is 18.5. The molecule has 0 bridgehead atoms. The number of aromatic nitrogens is 1. The summed E-state index contributed by atoms with van der Waals surface area (Å²) in [4.78, 5) is 17.3. The van der Waals surface area contributed by atoms with Gasteiger partial charge in [0.05, 0.1) is 12.1 Å². The zero-order valence-corrected chi connectivity index (χ0v) is 15.3. The fraction of sp³-hybridized carbons (Fsp3) is 0.667. The standard InChI is InChI=1S/C18H30N4O2/c1-5-18(2,3)21-15(20-16-10-6-7-12-24-16)13-22-11-8-9-14(19-4)17(22)23/h8-9,11,16,19H,5-7,10,12-13H2,1-4H3,(H,20,21). The predicted molar refractivity (Wildman–Crippen MR) is 98.8 cm³/mol. The van der Waals surface area contributed by atoms with Gasteiger partial charge in [0.2, 0.25) is 0 Å². The molecule has 6 heteroatoms. The Morgan fingerprint density at radius 3 is 2.88 bits per heavy atom. The molecule has 1 unspecified atom stereocenters. The number of nitrogens with one attached hydrogen (secondary N) is 2. The van der Waals surface area contributed by atoms with Crippen molar-refractivity contribution in [2.75, 3.05) is 19.0 Å². The number of amidine groups is 1. The van der Waals surface area contributed by atoms with E-state index in [9.17, 15) is 4.79 Å². The first-order valence-electron chi connectivity index (χ1n) is 8.79. The van der Waals surface area contributed by atoms with Gasteiger partial charge >= 0.3 is 0 Å². The minimum Gasteiger partial charge on any atom is -0.384 e. The van der Waals surface area contributed by atoms with Gasteiger partial charge in [-0.05, 0) is 51.7 Å². The van der Waals surface area contributed by atoms with Gasteiger partial charge in [-0.3, -0.25) is 9.79 Å². The number of hydrogen-bond donors (Lipinski definition) is 2. The molecule has 2 N–H and O–H groups in total. The largest absolute Gasteiger partial charge is 0.384 e. The first-order chi connectivity index (χ1) is 11.4. The fourth-order valence-electron chi connectivity index (χ4n) is 2.61. The lowest BCUT2D eigenvalue weighted by atomic mass is 10.0. The Hall–Kier alpha value is -1.82. The molecule has 1 aromatic rings. The van der Waals surface area contributed by atoms with E-state index in [0.717, 1.165) is 38.1 Å². The van der Waals surface area contributed by atoms with Crippen LogP contribution in [-0.2, 0) is 11.3 Å². The SMILES string of the molecule is CCC(C)(C)/N=C(/Cn1cccc(NC)c1=O)NC1CCCCO1. The summed E-state index contributed by atoms with van der Waals surface area (Å²) in [6.45, 7) is 7.51. The summed E-state index contributed by atoms with van der Waals surface area (Å²) >= 11 is 0. The first-order valence-corrected chi connectivity index (χ1v) is 8.79. The third-order valence-electron chi connectivity index (χ3n) is 4.42. The van der Waals surface area contributed by atoms with Crippen LogP contribution in [0.2, 0.25) is 0 Å². The van der Waals surface area contributed by atoms with Crippen LogP contribution in [0.15, 0.2) is 28.1 Å². The maximum absolute atomic E-state index is 12.4. The van der Waals surface area contributed by atoms with Crippen LogP contribution >= 0.6 is 0 Å². The quantitative estimate of drug-likeness (QED) is 0.620. The number of rotatable bonds is 6. The molecule has 0 radical (unpaired) electrons. The van der Waals surface area contributed by atoms with Crippen molar-refractivity contribution >= 4 is 11.5 Å². The molecule has 134 valence electrons. The van der Waals surface area contributed by atoms with Gasteiger partial charge in [0, 0.05) is 19.9 Å². The third kappa shape index (κ3) is 5.09. The number of ether oxygens (including phenoxy) is 1. The lowest BCUT2D eigenvalue weighted by molar-refractivity contribution is 0.00653. The summed E-state index contributed by atoms with van der Waals surface area (Å²) in [5, 5.41) is 6.34. The van der Waals surface area contributed by atoms with Crippen molar-refractivity contribution in [2.45, 2.75) is 64.8 Å². The molecule has 0 amide bonds. The summed E-state index contributed by atoms with van der Waals surface area (Å²) in [7, 11) is 1.75. The Bertz CT molecular complexity index is 616. The Labute approximate surface area is 144 Å². The highest BCUT2D eigenvalue weighted by Crippen LogP contribution is 2.15. The maximum atomic E-state index is 12.4. The number of hydrogen-bond acceptors (Lipinski definition) is 4. The van der Waals surface area contributed by atoms with E-state index in [0.29, 0.717) is 12.2 Å². The number of pyridine rings is 1. The molecule has 1 atom stereocenters. The molecule has 1 saturated heterocycles. The molecule has 0 saturated carbocycles. The summed E-state index contributed by atoms with van der Waals surface area (Å²) in [5.41, 5.74) is 0.357. The smallest absolute Gasteiger partial charge is 0.274 e. The van der Waals surface area contributed by atoms with Crippen LogP contribution in [0.25, 0.3) is 0 Å². The van der Waals surface area contributed by atoms with Crippen LogP contribution in [0.5, 0.6) is 0 Å². The normalized spacial score (nSPS) is 19.2. The van der Waals surface area contributed by atoms with Gasteiger partial charge in [-0.1, -0.05) is 6.92 Å². The molecule has 1 fully saturated rings. The van der Waals surface area contributed by atoms with Crippen molar-refractivity contribution in [1.82, 2.24) is 9.88 Å². The molecule has 1 aromatic heterocycles. The van der Waals surface area contributed by atoms with E-state index in [4.69, 9.17) is 9.73 Å². The predicted octanol–water partition coefficient (Wildman–Crippen LogP) is 2.59. The fourth-order valence-corrected chi connectivity index (χ4v) is 2.61. The molecule has 0 spiro atoms.